The molecule has 0 bridgehead atoms. The fourth-order valence-corrected chi connectivity index (χ4v) is 3.32. The number of hydrogen-bond acceptors (Lipinski definition) is 3. The van der Waals surface area contributed by atoms with Gasteiger partial charge in [-0.05, 0) is 35.7 Å². The lowest BCUT2D eigenvalue weighted by molar-refractivity contribution is 0.166. The first-order valence-electron chi connectivity index (χ1n) is 8.54. The predicted molar refractivity (Wildman–Crippen MR) is 100 cm³/mol. The van der Waals surface area contributed by atoms with E-state index in [4.69, 9.17) is 9.16 Å². The molecule has 0 N–H and O–H groups in total. The molecule has 2 rings (SSSR count). The van der Waals surface area contributed by atoms with Gasteiger partial charge in [-0.3, -0.25) is 4.90 Å². The van der Waals surface area contributed by atoms with Crippen LogP contribution in [0.3, 0.4) is 0 Å². The van der Waals surface area contributed by atoms with Gasteiger partial charge in [0.05, 0.1) is 6.54 Å². The molecule has 0 saturated carbocycles. The van der Waals surface area contributed by atoms with Crippen molar-refractivity contribution in [2.45, 2.75) is 45.3 Å². The molecular weight excluding hydrogens is 318 g/mol. The second-order valence-corrected chi connectivity index (χ2v) is 12.5. The lowest BCUT2D eigenvalue weighted by Crippen LogP contribution is -2.41. The summed E-state index contributed by atoms with van der Waals surface area (Å²) >= 11 is 0. The third-order valence-electron chi connectivity index (χ3n) is 4.89. The van der Waals surface area contributed by atoms with Crippen molar-refractivity contribution < 1.29 is 14.0 Å². The van der Waals surface area contributed by atoms with Crippen molar-refractivity contribution in [3.63, 3.8) is 0 Å². The van der Waals surface area contributed by atoms with Gasteiger partial charge >= 0.3 is 6.09 Å². The van der Waals surface area contributed by atoms with Gasteiger partial charge in [0.15, 0.2) is 8.32 Å². The molecule has 0 spiro atoms. The largest absolute Gasteiger partial charge is 0.447 e. The number of nitrogens with zero attached hydrogens (tertiary/aromatic N) is 1. The number of cyclic esters (lactones) is 1. The Labute approximate surface area is 146 Å². The highest BCUT2D eigenvalue weighted by molar-refractivity contribution is 6.74. The zero-order valence-corrected chi connectivity index (χ0v) is 16.5. The van der Waals surface area contributed by atoms with Gasteiger partial charge in [0.2, 0.25) is 0 Å². The zero-order chi connectivity index (χ0) is 17.8. The Balaban J connectivity index is 2.10. The first kappa shape index (κ1) is 18.7. The maximum atomic E-state index is 11.7. The third kappa shape index (κ3) is 4.71. The molecule has 132 valence electrons. The quantitative estimate of drug-likeness (QED) is 0.688. The summed E-state index contributed by atoms with van der Waals surface area (Å²) < 4.78 is 11.3. The highest BCUT2D eigenvalue weighted by Gasteiger charge is 2.36. The summed E-state index contributed by atoms with van der Waals surface area (Å²) in [7, 11) is -1.76. The Morgan fingerprint density at radius 2 is 1.96 bits per heavy atom. The molecule has 0 atom stereocenters. The van der Waals surface area contributed by atoms with Crippen molar-refractivity contribution in [3.8, 4) is 0 Å². The summed E-state index contributed by atoms with van der Waals surface area (Å²) in [6, 6.07) is 10.2. The first-order chi connectivity index (χ1) is 11.2. The van der Waals surface area contributed by atoms with E-state index in [0.717, 1.165) is 17.6 Å². The zero-order valence-electron chi connectivity index (χ0n) is 15.5. The van der Waals surface area contributed by atoms with E-state index < -0.39 is 8.32 Å². The Morgan fingerprint density at radius 1 is 1.29 bits per heavy atom. The molecule has 1 saturated heterocycles. The third-order valence-corrected chi connectivity index (χ3v) is 9.43. The summed E-state index contributed by atoms with van der Waals surface area (Å²) in [5.41, 5.74) is 2.23. The average molecular weight is 348 g/mol. The highest BCUT2D eigenvalue weighted by Crippen LogP contribution is 2.37. The molecule has 24 heavy (non-hydrogen) atoms. The predicted octanol–water partition coefficient (Wildman–Crippen LogP) is 4.89. The number of benzene rings is 1. The van der Waals surface area contributed by atoms with E-state index >= 15 is 0 Å². The van der Waals surface area contributed by atoms with E-state index in [1.807, 2.05) is 24.4 Å². The average Bonchev–Trinajstić information content (AvgIpc) is 2.91. The van der Waals surface area contributed by atoms with Crippen LogP contribution in [0, 0.1) is 0 Å². The van der Waals surface area contributed by atoms with Gasteiger partial charge in [0.1, 0.15) is 6.61 Å². The van der Waals surface area contributed by atoms with Crippen molar-refractivity contribution in [3.05, 3.63) is 42.1 Å². The summed E-state index contributed by atoms with van der Waals surface area (Å²) in [6.07, 6.45) is 2.42. The molecule has 1 amide bonds. The molecule has 1 aliphatic heterocycles. The minimum absolute atomic E-state index is 0.197. The van der Waals surface area contributed by atoms with E-state index in [1.165, 1.54) is 0 Å². The van der Waals surface area contributed by atoms with E-state index in [2.05, 4.69) is 46.0 Å². The second-order valence-electron chi connectivity index (χ2n) is 7.69. The van der Waals surface area contributed by atoms with Crippen molar-refractivity contribution in [2.75, 3.05) is 19.8 Å². The molecule has 0 unspecified atom stereocenters. The van der Waals surface area contributed by atoms with Gasteiger partial charge in [0.25, 0.3) is 0 Å². The number of carbonyl (C=O) groups excluding carboxylic acids is 1. The molecule has 1 heterocycles. The van der Waals surface area contributed by atoms with Crippen molar-refractivity contribution >= 4 is 20.0 Å². The van der Waals surface area contributed by atoms with Gasteiger partial charge < -0.3 is 9.16 Å². The lowest BCUT2D eigenvalue weighted by Gasteiger charge is -2.36. The fraction of sp³-hybridized carbons (Fsp3) is 0.526. The van der Waals surface area contributed by atoms with E-state index in [0.29, 0.717) is 19.8 Å². The van der Waals surface area contributed by atoms with E-state index in [9.17, 15) is 4.79 Å². The summed E-state index contributed by atoms with van der Waals surface area (Å²) in [6.45, 7) is 13.0. The van der Waals surface area contributed by atoms with Crippen LogP contribution in [0.4, 0.5) is 4.79 Å². The minimum Gasteiger partial charge on any atom is -0.447 e. The first-order valence-corrected chi connectivity index (χ1v) is 11.4. The number of amides is 1. The van der Waals surface area contributed by atoms with Crippen molar-refractivity contribution in [1.82, 2.24) is 4.90 Å². The molecule has 1 fully saturated rings. The van der Waals surface area contributed by atoms with Crippen LogP contribution in [-0.2, 0) is 9.16 Å². The van der Waals surface area contributed by atoms with Crippen LogP contribution in [-0.4, -0.2) is 39.1 Å². The molecule has 4 nitrogen and oxygen atoms in total. The number of hydrogen-bond donors (Lipinski definition) is 0. The standard InChI is InChI=1S/C19H29NO3Si/c1-19(2,3)24(4,5)23-13-11-17(16-9-7-6-8-10-16)15-20-12-14-22-18(20)21/h6-10,15H,11-14H2,1-5H3/b17-15+. The van der Waals surface area contributed by atoms with Crippen LogP contribution in [0.15, 0.2) is 36.5 Å². The fourth-order valence-electron chi connectivity index (χ4n) is 2.28. The molecule has 1 aliphatic rings. The van der Waals surface area contributed by atoms with Gasteiger partial charge in [-0.2, -0.15) is 0 Å². The Bertz CT molecular complexity index is 590. The summed E-state index contributed by atoms with van der Waals surface area (Å²) in [5, 5.41) is 0.197. The van der Waals surface area contributed by atoms with Crippen molar-refractivity contribution in [2.24, 2.45) is 0 Å². The van der Waals surface area contributed by atoms with E-state index in [1.54, 1.807) is 4.90 Å². The Morgan fingerprint density at radius 3 is 2.50 bits per heavy atom. The smallest absolute Gasteiger partial charge is 0.413 e. The lowest BCUT2D eigenvalue weighted by atomic mass is 10.0. The molecule has 1 aromatic carbocycles. The molecule has 0 aromatic heterocycles. The highest BCUT2D eigenvalue weighted by atomic mass is 28.4. The topological polar surface area (TPSA) is 38.8 Å². The summed E-state index contributed by atoms with van der Waals surface area (Å²) in [4.78, 5) is 13.4. The molecule has 0 radical (unpaired) electrons. The minimum atomic E-state index is -1.76. The van der Waals surface area contributed by atoms with Gasteiger partial charge in [0, 0.05) is 12.8 Å². The normalized spacial score (nSPS) is 16.5. The molecule has 1 aromatic rings. The number of ether oxygens (including phenoxy) is 1. The maximum absolute atomic E-state index is 11.7. The molecular formula is C19H29NO3Si. The summed E-state index contributed by atoms with van der Waals surface area (Å²) in [5.74, 6) is 0. The second kappa shape index (κ2) is 7.53. The van der Waals surface area contributed by atoms with Crippen LogP contribution in [0.1, 0.15) is 32.8 Å². The number of carbonyl (C=O) groups is 1. The van der Waals surface area contributed by atoms with E-state index in [-0.39, 0.29) is 11.1 Å². The van der Waals surface area contributed by atoms with Crippen LogP contribution in [0.2, 0.25) is 18.1 Å². The number of rotatable bonds is 6. The Hall–Kier alpha value is -1.59. The SMILES string of the molecule is CC(C)(C)[Si](C)(C)OCC/C(=C\N1CCOC1=O)c1ccccc1. The van der Waals surface area contributed by atoms with Gasteiger partial charge in [-0.15, -0.1) is 0 Å². The monoisotopic (exact) mass is 347 g/mol. The molecule has 0 aliphatic carbocycles. The van der Waals surface area contributed by atoms with Gasteiger partial charge in [-0.25, -0.2) is 4.79 Å². The molecule has 5 heteroatoms. The van der Waals surface area contributed by atoms with Crippen LogP contribution >= 0.6 is 0 Å². The van der Waals surface area contributed by atoms with Crippen molar-refractivity contribution in [1.29, 1.82) is 0 Å². The maximum Gasteiger partial charge on any atom is 0.413 e. The van der Waals surface area contributed by atoms with Gasteiger partial charge in [-0.1, -0.05) is 51.1 Å². The Kier molecular flexibility index (Phi) is 5.88. The van der Waals surface area contributed by atoms with Crippen LogP contribution in [0.25, 0.3) is 5.57 Å². The van der Waals surface area contributed by atoms with Crippen LogP contribution < -0.4 is 0 Å². The van der Waals surface area contributed by atoms with Crippen LogP contribution in [0.5, 0.6) is 0 Å².